The zero-order valence-corrected chi connectivity index (χ0v) is 12.7. The summed E-state index contributed by atoms with van der Waals surface area (Å²) in [7, 11) is 0. The summed E-state index contributed by atoms with van der Waals surface area (Å²) in [5.41, 5.74) is 4.95. The molecule has 0 heterocycles. The number of hydrogen-bond donors (Lipinski definition) is 1. The maximum absolute atomic E-state index is 13.6. The van der Waals surface area contributed by atoms with Gasteiger partial charge in [-0.05, 0) is 24.5 Å². The van der Waals surface area contributed by atoms with Gasteiger partial charge in [0.15, 0.2) is 17.4 Å². The normalized spacial score (nSPS) is 12.3. The highest BCUT2D eigenvalue weighted by Crippen LogP contribution is 2.26. The molecule has 112 valence electrons. The van der Waals surface area contributed by atoms with Crippen LogP contribution in [0.25, 0.3) is 0 Å². The summed E-state index contributed by atoms with van der Waals surface area (Å²) in [6, 6.07) is 2.18. The Balaban J connectivity index is 2.74. The average molecular weight is 352 g/mol. The maximum Gasteiger partial charge on any atom is 0.404 e. The molecule has 0 saturated heterocycles. The van der Waals surface area contributed by atoms with Gasteiger partial charge in [0.25, 0.3) is 0 Å². The van der Waals surface area contributed by atoms with Crippen LogP contribution in [0.3, 0.4) is 0 Å². The van der Waals surface area contributed by atoms with Crippen molar-refractivity contribution in [2.75, 3.05) is 6.61 Å². The summed E-state index contributed by atoms with van der Waals surface area (Å²) in [4.78, 5) is 10.8. The van der Waals surface area contributed by atoms with Gasteiger partial charge >= 0.3 is 6.09 Å². The number of nitrogens with two attached hydrogens (primary N) is 1. The Labute approximate surface area is 124 Å². The van der Waals surface area contributed by atoms with Crippen LogP contribution in [0.5, 0.6) is 5.75 Å². The molecule has 4 nitrogen and oxygen atoms in total. The number of hydrogen-bond acceptors (Lipinski definition) is 3. The number of amides is 1. The Bertz CT molecular complexity index is 460. The van der Waals surface area contributed by atoms with Gasteiger partial charge in [0.05, 0.1) is 0 Å². The Kier molecular flexibility index (Phi) is 6.19. The third kappa shape index (κ3) is 5.32. The van der Waals surface area contributed by atoms with Gasteiger partial charge in [-0.2, -0.15) is 0 Å². The quantitative estimate of drug-likeness (QED) is 0.851. The number of halogens is 3. The number of carbonyl (C=O) groups is 1. The molecule has 1 aromatic carbocycles. The lowest BCUT2D eigenvalue weighted by Gasteiger charge is -2.19. The van der Waals surface area contributed by atoms with Crippen molar-refractivity contribution in [3.8, 4) is 5.75 Å². The van der Waals surface area contributed by atoms with E-state index in [1.165, 1.54) is 0 Å². The van der Waals surface area contributed by atoms with E-state index in [2.05, 4.69) is 15.9 Å². The highest BCUT2D eigenvalue weighted by molar-refractivity contribution is 9.10. The fourth-order valence-corrected chi connectivity index (χ4v) is 2.09. The van der Waals surface area contributed by atoms with Crippen molar-refractivity contribution in [2.45, 2.75) is 26.4 Å². The van der Waals surface area contributed by atoms with Gasteiger partial charge in [0.1, 0.15) is 12.7 Å². The van der Waals surface area contributed by atoms with Crippen molar-refractivity contribution in [2.24, 2.45) is 11.7 Å². The second kappa shape index (κ2) is 7.42. The van der Waals surface area contributed by atoms with Crippen LogP contribution in [-0.2, 0) is 4.74 Å². The van der Waals surface area contributed by atoms with E-state index in [1.807, 2.05) is 13.8 Å². The molecule has 0 aliphatic rings. The van der Waals surface area contributed by atoms with Crippen LogP contribution >= 0.6 is 15.9 Å². The first-order valence-corrected chi connectivity index (χ1v) is 6.82. The lowest BCUT2D eigenvalue weighted by atomic mass is 10.1. The number of primary amides is 1. The van der Waals surface area contributed by atoms with Gasteiger partial charge in [-0.25, -0.2) is 13.6 Å². The van der Waals surface area contributed by atoms with Crippen LogP contribution in [-0.4, -0.2) is 18.8 Å². The molecule has 0 radical (unpaired) electrons. The third-order valence-electron chi connectivity index (χ3n) is 2.39. The van der Waals surface area contributed by atoms with E-state index in [1.54, 1.807) is 0 Å². The van der Waals surface area contributed by atoms with Gasteiger partial charge in [0.2, 0.25) is 0 Å². The van der Waals surface area contributed by atoms with Crippen molar-refractivity contribution in [1.29, 1.82) is 0 Å². The molecule has 7 heteroatoms. The second-order valence-corrected chi connectivity index (χ2v) is 5.61. The molecule has 0 aliphatic heterocycles. The molecule has 1 amide bonds. The molecule has 0 bridgehead atoms. The van der Waals surface area contributed by atoms with Crippen LogP contribution in [0.2, 0.25) is 0 Å². The minimum Gasteiger partial charge on any atom is -0.484 e. The minimum atomic E-state index is -0.948. The van der Waals surface area contributed by atoms with Crippen LogP contribution in [0.15, 0.2) is 16.6 Å². The minimum absolute atomic E-state index is 0.170. The Morgan fingerprint density at radius 3 is 2.35 bits per heavy atom. The van der Waals surface area contributed by atoms with Gasteiger partial charge in [0, 0.05) is 4.47 Å². The third-order valence-corrected chi connectivity index (χ3v) is 2.85. The SMILES string of the molecule is CC(C)CC(COc1c(F)cc(Br)cc1F)OC(N)=O. The van der Waals surface area contributed by atoms with E-state index in [0.29, 0.717) is 6.42 Å². The molecule has 20 heavy (non-hydrogen) atoms. The van der Waals surface area contributed by atoms with Crippen LogP contribution in [0.1, 0.15) is 20.3 Å². The van der Waals surface area contributed by atoms with Gasteiger partial charge in [-0.3, -0.25) is 0 Å². The lowest BCUT2D eigenvalue weighted by molar-refractivity contribution is 0.0567. The Hall–Kier alpha value is -1.37. The molecule has 1 aromatic rings. The molecule has 1 rings (SSSR count). The first-order valence-electron chi connectivity index (χ1n) is 6.03. The average Bonchev–Trinajstić information content (AvgIpc) is 2.25. The van der Waals surface area contributed by atoms with Gasteiger partial charge < -0.3 is 15.2 Å². The van der Waals surface area contributed by atoms with Crippen molar-refractivity contribution in [3.05, 3.63) is 28.2 Å². The van der Waals surface area contributed by atoms with Crippen molar-refractivity contribution < 1.29 is 23.0 Å². The molecule has 1 unspecified atom stereocenters. The lowest BCUT2D eigenvalue weighted by Crippen LogP contribution is -2.29. The molecule has 0 saturated carbocycles. The molecular formula is C13H16BrF2NO3. The zero-order valence-electron chi connectivity index (χ0n) is 11.2. The van der Waals surface area contributed by atoms with E-state index in [9.17, 15) is 13.6 Å². The fraction of sp³-hybridized carbons (Fsp3) is 0.462. The van der Waals surface area contributed by atoms with Crippen LogP contribution in [0, 0.1) is 17.6 Å². The van der Waals surface area contributed by atoms with E-state index in [0.717, 1.165) is 12.1 Å². The first-order chi connectivity index (χ1) is 9.29. The summed E-state index contributed by atoms with van der Waals surface area (Å²) in [6.45, 7) is 3.66. The number of carbonyl (C=O) groups excluding carboxylic acids is 1. The molecule has 0 fully saturated rings. The zero-order chi connectivity index (χ0) is 15.3. The number of ether oxygens (including phenoxy) is 2. The molecule has 0 aliphatic carbocycles. The van der Waals surface area contributed by atoms with E-state index in [4.69, 9.17) is 15.2 Å². The Morgan fingerprint density at radius 2 is 1.90 bits per heavy atom. The molecule has 1 atom stereocenters. The van der Waals surface area contributed by atoms with Crippen molar-refractivity contribution in [3.63, 3.8) is 0 Å². The molecule has 2 N–H and O–H groups in total. The first kappa shape index (κ1) is 16.7. The molecular weight excluding hydrogens is 336 g/mol. The predicted molar refractivity (Wildman–Crippen MR) is 73.5 cm³/mol. The van der Waals surface area contributed by atoms with E-state index >= 15 is 0 Å². The van der Waals surface area contributed by atoms with Crippen molar-refractivity contribution in [1.82, 2.24) is 0 Å². The predicted octanol–water partition coefficient (Wildman–Crippen LogP) is 3.62. The van der Waals surface area contributed by atoms with Crippen molar-refractivity contribution >= 4 is 22.0 Å². The Morgan fingerprint density at radius 1 is 1.35 bits per heavy atom. The maximum atomic E-state index is 13.6. The number of rotatable bonds is 6. The summed E-state index contributed by atoms with van der Waals surface area (Å²) in [5.74, 6) is -1.96. The monoisotopic (exact) mass is 351 g/mol. The largest absolute Gasteiger partial charge is 0.484 e. The smallest absolute Gasteiger partial charge is 0.404 e. The summed E-state index contributed by atoms with van der Waals surface area (Å²) in [5, 5.41) is 0. The van der Waals surface area contributed by atoms with Gasteiger partial charge in [-0.1, -0.05) is 29.8 Å². The van der Waals surface area contributed by atoms with E-state index in [-0.39, 0.29) is 17.0 Å². The standard InChI is InChI=1S/C13H16BrF2NO3/c1-7(2)3-9(20-13(17)18)6-19-12-10(15)4-8(14)5-11(12)16/h4-5,7,9H,3,6H2,1-2H3,(H2,17,18). The highest BCUT2D eigenvalue weighted by Gasteiger charge is 2.18. The fourth-order valence-electron chi connectivity index (χ4n) is 1.68. The molecule has 0 spiro atoms. The van der Waals surface area contributed by atoms with E-state index < -0.39 is 29.6 Å². The number of benzene rings is 1. The summed E-state index contributed by atoms with van der Waals surface area (Å²) in [6.07, 6.45) is -1.13. The summed E-state index contributed by atoms with van der Waals surface area (Å²) >= 11 is 2.97. The topological polar surface area (TPSA) is 61.6 Å². The highest BCUT2D eigenvalue weighted by atomic mass is 79.9. The van der Waals surface area contributed by atoms with Gasteiger partial charge in [-0.15, -0.1) is 0 Å². The second-order valence-electron chi connectivity index (χ2n) is 4.70. The molecule has 0 aromatic heterocycles. The summed E-state index contributed by atoms with van der Waals surface area (Å²) < 4.78 is 37.3. The van der Waals surface area contributed by atoms with Crippen LogP contribution < -0.4 is 10.5 Å². The van der Waals surface area contributed by atoms with Crippen LogP contribution in [0.4, 0.5) is 13.6 Å².